The molecule has 2 aromatic rings. The fraction of sp³-hybridized carbons (Fsp3) is 0.263. The van der Waals surface area contributed by atoms with E-state index in [1.54, 1.807) is 30.3 Å². The number of rotatable bonds is 5. The number of benzene rings is 2. The van der Waals surface area contributed by atoms with Gasteiger partial charge in [-0.2, -0.15) is 0 Å². The van der Waals surface area contributed by atoms with E-state index in [-0.39, 0.29) is 11.0 Å². The molecule has 0 aromatic heterocycles. The number of hydrogen-bond acceptors (Lipinski definition) is 5. The molecule has 1 heterocycles. The lowest BCUT2D eigenvalue weighted by Crippen LogP contribution is -2.34. The molecule has 0 saturated heterocycles. The van der Waals surface area contributed by atoms with E-state index >= 15 is 0 Å². The molecule has 0 atom stereocenters. The molecule has 0 spiro atoms. The number of thiocarbonyl (C=S) groups is 1. The number of carbonyl (C=O) groups excluding carboxylic acids is 1. The molecule has 136 valence electrons. The maximum atomic E-state index is 12.4. The molecule has 7 heteroatoms. The molecule has 0 fully saturated rings. The van der Waals surface area contributed by atoms with Gasteiger partial charge in [-0.05, 0) is 49.0 Å². The number of hydrogen-bond donors (Lipinski definition) is 2. The second kappa shape index (κ2) is 8.53. The topological polar surface area (TPSA) is 68.8 Å². The molecule has 3 rings (SSSR count). The van der Waals surface area contributed by atoms with Crippen molar-refractivity contribution in [1.29, 1.82) is 0 Å². The average Bonchev–Trinajstić information content (AvgIpc) is 2.66. The number of anilines is 1. The number of fused-ring (bicyclic) bond motifs is 1. The Balaban J connectivity index is 1.60. The molecule has 1 amide bonds. The normalized spacial score (nSPS) is 12.2. The van der Waals surface area contributed by atoms with Crippen LogP contribution in [0.25, 0.3) is 0 Å². The van der Waals surface area contributed by atoms with E-state index in [0.717, 1.165) is 6.42 Å². The van der Waals surface area contributed by atoms with Crippen molar-refractivity contribution in [2.45, 2.75) is 13.3 Å². The highest BCUT2D eigenvalue weighted by molar-refractivity contribution is 7.80. The Morgan fingerprint density at radius 3 is 2.77 bits per heavy atom. The average molecular weight is 372 g/mol. The van der Waals surface area contributed by atoms with Crippen molar-refractivity contribution in [2.24, 2.45) is 0 Å². The fourth-order valence-electron chi connectivity index (χ4n) is 2.41. The van der Waals surface area contributed by atoms with Crippen LogP contribution in [-0.2, 0) is 0 Å². The van der Waals surface area contributed by atoms with E-state index in [0.29, 0.717) is 48.3 Å². The Kier molecular flexibility index (Phi) is 5.91. The third-order valence-corrected chi connectivity index (χ3v) is 3.80. The molecule has 6 nitrogen and oxygen atoms in total. The Morgan fingerprint density at radius 2 is 1.96 bits per heavy atom. The highest BCUT2D eigenvalue weighted by Gasteiger charge is 2.13. The summed E-state index contributed by atoms with van der Waals surface area (Å²) in [6.07, 6.45) is 0.903. The molecule has 2 aromatic carbocycles. The summed E-state index contributed by atoms with van der Waals surface area (Å²) in [5, 5.41) is 5.84. The minimum atomic E-state index is -0.304. The van der Waals surface area contributed by atoms with Crippen LogP contribution in [0.1, 0.15) is 23.7 Å². The van der Waals surface area contributed by atoms with Crippen molar-refractivity contribution >= 4 is 28.9 Å². The van der Waals surface area contributed by atoms with Gasteiger partial charge < -0.3 is 19.5 Å². The molecule has 0 radical (unpaired) electrons. The molecule has 0 unspecified atom stereocenters. The second-order valence-electron chi connectivity index (χ2n) is 5.64. The fourth-order valence-corrected chi connectivity index (χ4v) is 2.62. The van der Waals surface area contributed by atoms with Gasteiger partial charge in [0.1, 0.15) is 19.0 Å². The van der Waals surface area contributed by atoms with Crippen LogP contribution in [0.15, 0.2) is 42.5 Å². The van der Waals surface area contributed by atoms with Crippen LogP contribution < -0.4 is 24.8 Å². The Bertz CT molecular complexity index is 810. The standard InChI is InChI=1S/C19H20N2O4S/c1-2-8-23-15-5-3-4-13(11-15)18(22)21-19(26)20-14-6-7-16-17(12-14)25-10-9-24-16/h3-7,11-12H,2,8-10H2,1H3,(H2,20,21,22,26). The van der Waals surface area contributed by atoms with Crippen molar-refractivity contribution in [3.63, 3.8) is 0 Å². The zero-order chi connectivity index (χ0) is 18.4. The lowest BCUT2D eigenvalue weighted by atomic mass is 10.2. The highest BCUT2D eigenvalue weighted by atomic mass is 32.1. The summed E-state index contributed by atoms with van der Waals surface area (Å²) < 4.78 is 16.6. The van der Waals surface area contributed by atoms with Crippen LogP contribution in [0.4, 0.5) is 5.69 Å². The molecule has 26 heavy (non-hydrogen) atoms. The quantitative estimate of drug-likeness (QED) is 0.785. The third-order valence-electron chi connectivity index (χ3n) is 3.60. The van der Waals surface area contributed by atoms with Gasteiger partial charge in [-0.1, -0.05) is 13.0 Å². The smallest absolute Gasteiger partial charge is 0.257 e. The van der Waals surface area contributed by atoms with Gasteiger partial charge in [-0.25, -0.2) is 0 Å². The first-order valence-corrected chi connectivity index (χ1v) is 8.81. The monoisotopic (exact) mass is 372 g/mol. The van der Waals surface area contributed by atoms with Crippen LogP contribution in [0.5, 0.6) is 17.2 Å². The summed E-state index contributed by atoms with van der Waals surface area (Å²) in [5.74, 6) is 1.70. The first-order chi connectivity index (χ1) is 12.7. The Hall–Kier alpha value is -2.80. The van der Waals surface area contributed by atoms with Gasteiger partial charge in [0.2, 0.25) is 0 Å². The summed E-state index contributed by atoms with van der Waals surface area (Å²) in [6.45, 7) is 3.68. The van der Waals surface area contributed by atoms with Gasteiger partial charge >= 0.3 is 0 Å². The molecular formula is C19H20N2O4S. The first kappa shape index (κ1) is 18.0. The van der Waals surface area contributed by atoms with E-state index in [1.807, 2.05) is 19.1 Å². The molecule has 0 aliphatic carbocycles. The van der Waals surface area contributed by atoms with Crippen molar-refractivity contribution in [1.82, 2.24) is 5.32 Å². The van der Waals surface area contributed by atoms with Gasteiger partial charge in [-0.15, -0.1) is 0 Å². The largest absolute Gasteiger partial charge is 0.494 e. The minimum absolute atomic E-state index is 0.201. The Labute approximate surface area is 157 Å². The predicted octanol–water partition coefficient (Wildman–Crippen LogP) is 3.37. The maximum absolute atomic E-state index is 12.4. The van der Waals surface area contributed by atoms with Crippen molar-refractivity contribution in [3.8, 4) is 17.2 Å². The van der Waals surface area contributed by atoms with E-state index < -0.39 is 0 Å². The Morgan fingerprint density at radius 1 is 1.15 bits per heavy atom. The number of carbonyl (C=O) groups is 1. The summed E-state index contributed by atoms with van der Waals surface area (Å²) in [6, 6.07) is 12.4. The summed E-state index contributed by atoms with van der Waals surface area (Å²) in [7, 11) is 0. The van der Waals surface area contributed by atoms with Gasteiger partial charge in [0.15, 0.2) is 16.6 Å². The highest BCUT2D eigenvalue weighted by Crippen LogP contribution is 2.32. The predicted molar refractivity (Wildman–Crippen MR) is 103 cm³/mol. The third kappa shape index (κ3) is 4.64. The molecule has 2 N–H and O–H groups in total. The van der Waals surface area contributed by atoms with Crippen LogP contribution >= 0.6 is 12.2 Å². The van der Waals surface area contributed by atoms with Crippen molar-refractivity contribution in [2.75, 3.05) is 25.1 Å². The van der Waals surface area contributed by atoms with Gasteiger partial charge in [0, 0.05) is 17.3 Å². The van der Waals surface area contributed by atoms with E-state index in [2.05, 4.69) is 10.6 Å². The van der Waals surface area contributed by atoms with Crippen LogP contribution in [0.3, 0.4) is 0 Å². The van der Waals surface area contributed by atoms with Gasteiger partial charge in [0.25, 0.3) is 5.91 Å². The molecule has 1 aliphatic heterocycles. The molecule has 0 saturated carbocycles. The van der Waals surface area contributed by atoms with Crippen LogP contribution in [-0.4, -0.2) is 30.8 Å². The number of amides is 1. The van der Waals surface area contributed by atoms with Crippen molar-refractivity contribution in [3.05, 3.63) is 48.0 Å². The van der Waals surface area contributed by atoms with E-state index in [9.17, 15) is 4.79 Å². The molecular weight excluding hydrogens is 352 g/mol. The number of nitrogens with one attached hydrogen (secondary N) is 2. The lowest BCUT2D eigenvalue weighted by Gasteiger charge is -2.19. The zero-order valence-corrected chi connectivity index (χ0v) is 15.2. The van der Waals surface area contributed by atoms with Gasteiger partial charge in [0.05, 0.1) is 6.61 Å². The van der Waals surface area contributed by atoms with Gasteiger partial charge in [-0.3, -0.25) is 10.1 Å². The lowest BCUT2D eigenvalue weighted by molar-refractivity contribution is 0.0977. The summed E-state index contributed by atoms with van der Waals surface area (Å²) in [4.78, 5) is 12.4. The molecule has 1 aliphatic rings. The SMILES string of the molecule is CCCOc1cccc(C(=O)NC(=S)Nc2ccc3c(c2)OCCO3)c1. The summed E-state index contributed by atoms with van der Waals surface area (Å²) >= 11 is 5.22. The van der Waals surface area contributed by atoms with Crippen LogP contribution in [0.2, 0.25) is 0 Å². The first-order valence-electron chi connectivity index (χ1n) is 8.40. The zero-order valence-electron chi connectivity index (χ0n) is 14.4. The van der Waals surface area contributed by atoms with Crippen LogP contribution in [0, 0.1) is 0 Å². The number of ether oxygens (including phenoxy) is 3. The minimum Gasteiger partial charge on any atom is -0.494 e. The van der Waals surface area contributed by atoms with E-state index in [4.69, 9.17) is 26.4 Å². The second-order valence-corrected chi connectivity index (χ2v) is 6.05. The van der Waals surface area contributed by atoms with Crippen molar-refractivity contribution < 1.29 is 19.0 Å². The van der Waals surface area contributed by atoms with E-state index in [1.165, 1.54) is 0 Å². The summed E-state index contributed by atoms with van der Waals surface area (Å²) in [5.41, 5.74) is 1.18. The maximum Gasteiger partial charge on any atom is 0.257 e. The molecule has 0 bridgehead atoms.